The normalized spacial score (nSPS) is 18.4. The average Bonchev–Trinajstić information content (AvgIpc) is 3.21. The van der Waals surface area contributed by atoms with Crippen LogP contribution < -0.4 is 0 Å². The first-order chi connectivity index (χ1) is 11.4. The maximum atomic E-state index is 13.2. The number of hydrogen-bond donors (Lipinski definition) is 0. The highest BCUT2D eigenvalue weighted by Gasteiger charge is 2.47. The Morgan fingerprint density at radius 3 is 2.04 bits per heavy atom. The van der Waals surface area contributed by atoms with Crippen molar-refractivity contribution in [2.24, 2.45) is 5.41 Å². The zero-order valence-electron chi connectivity index (χ0n) is 13.3. The lowest BCUT2D eigenvalue weighted by molar-refractivity contribution is 0.602. The molecule has 1 spiro atoms. The van der Waals surface area contributed by atoms with Crippen molar-refractivity contribution in [2.75, 3.05) is 6.26 Å². The van der Waals surface area contributed by atoms with E-state index in [1.807, 2.05) is 24.3 Å². The van der Waals surface area contributed by atoms with Gasteiger partial charge in [-0.1, -0.05) is 30.3 Å². The summed E-state index contributed by atoms with van der Waals surface area (Å²) < 4.78 is 36.3. The molecule has 4 heteroatoms. The van der Waals surface area contributed by atoms with Crippen molar-refractivity contribution in [2.45, 2.75) is 17.7 Å². The molecule has 24 heavy (non-hydrogen) atoms. The van der Waals surface area contributed by atoms with Crippen LogP contribution in [0.5, 0.6) is 0 Å². The van der Waals surface area contributed by atoms with Crippen molar-refractivity contribution in [1.82, 2.24) is 0 Å². The Morgan fingerprint density at radius 1 is 0.917 bits per heavy atom. The third kappa shape index (κ3) is 2.61. The summed E-state index contributed by atoms with van der Waals surface area (Å²) in [5, 5.41) is 0. The summed E-state index contributed by atoms with van der Waals surface area (Å²) in [7, 11) is -3.18. The van der Waals surface area contributed by atoms with Crippen LogP contribution >= 0.6 is 0 Å². The van der Waals surface area contributed by atoms with Gasteiger partial charge in [0.2, 0.25) is 0 Å². The van der Waals surface area contributed by atoms with Crippen LogP contribution in [-0.4, -0.2) is 14.7 Å². The molecule has 0 saturated heterocycles. The molecule has 0 aromatic heterocycles. The van der Waals surface area contributed by atoms with Gasteiger partial charge < -0.3 is 0 Å². The Balaban J connectivity index is 1.71. The van der Waals surface area contributed by atoms with E-state index in [1.54, 1.807) is 12.1 Å². The van der Waals surface area contributed by atoms with E-state index in [-0.39, 0.29) is 11.2 Å². The van der Waals surface area contributed by atoms with Gasteiger partial charge in [-0.25, -0.2) is 12.8 Å². The summed E-state index contributed by atoms with van der Waals surface area (Å²) in [5.74, 6) is -0.230. The molecular weight excluding hydrogens is 323 g/mol. The summed E-state index contributed by atoms with van der Waals surface area (Å²) in [6, 6.07) is 13.6. The van der Waals surface area contributed by atoms with Gasteiger partial charge in [-0.05, 0) is 65.5 Å². The number of allylic oxidation sites excluding steroid dienone is 4. The second kappa shape index (κ2) is 5.15. The first kappa shape index (κ1) is 15.3. The lowest BCUT2D eigenvalue weighted by Crippen LogP contribution is -1.96. The summed E-state index contributed by atoms with van der Waals surface area (Å²) in [5.41, 5.74) is 4.46. The molecule has 2 aromatic carbocycles. The highest BCUT2D eigenvalue weighted by Crippen LogP contribution is 2.61. The number of halogens is 1. The monoisotopic (exact) mass is 340 g/mol. The fourth-order valence-electron chi connectivity index (χ4n) is 3.33. The van der Waals surface area contributed by atoms with Gasteiger partial charge in [0.25, 0.3) is 0 Å². The highest BCUT2D eigenvalue weighted by atomic mass is 32.2. The van der Waals surface area contributed by atoms with E-state index in [0.717, 1.165) is 29.5 Å². The molecule has 4 rings (SSSR count). The van der Waals surface area contributed by atoms with Crippen molar-refractivity contribution in [1.29, 1.82) is 0 Å². The first-order valence-electron chi connectivity index (χ1n) is 7.89. The van der Waals surface area contributed by atoms with Gasteiger partial charge in [0.1, 0.15) is 5.82 Å². The quantitative estimate of drug-likeness (QED) is 0.825. The molecule has 0 unspecified atom stereocenters. The minimum Gasteiger partial charge on any atom is -0.224 e. The number of rotatable bonds is 3. The molecule has 0 amide bonds. The van der Waals surface area contributed by atoms with Crippen molar-refractivity contribution in [3.8, 4) is 0 Å². The van der Waals surface area contributed by atoms with Crippen LogP contribution in [0.3, 0.4) is 0 Å². The molecule has 0 bridgehead atoms. The van der Waals surface area contributed by atoms with E-state index in [0.29, 0.717) is 4.90 Å². The molecule has 0 heterocycles. The third-order valence-corrected chi connectivity index (χ3v) is 5.96. The molecule has 2 aromatic rings. The maximum absolute atomic E-state index is 13.2. The van der Waals surface area contributed by atoms with E-state index >= 15 is 0 Å². The summed E-state index contributed by atoms with van der Waals surface area (Å²) in [6.07, 6.45) is 7.82. The lowest BCUT2D eigenvalue weighted by Gasteiger charge is -2.11. The molecule has 2 aliphatic carbocycles. The fraction of sp³-hybridized carbons (Fsp3) is 0.200. The SMILES string of the molecule is CS(=O)(=O)c1ccc(C2=CC3(CC3)C(c3ccc(F)cc3)=C2)cc1. The second-order valence-corrected chi connectivity index (χ2v) is 8.63. The maximum Gasteiger partial charge on any atom is 0.175 e. The second-order valence-electron chi connectivity index (χ2n) is 6.62. The summed E-state index contributed by atoms with van der Waals surface area (Å²) in [4.78, 5) is 0.328. The van der Waals surface area contributed by atoms with Crippen LogP contribution in [0.4, 0.5) is 4.39 Å². The molecular formula is C20H17FO2S. The van der Waals surface area contributed by atoms with Gasteiger partial charge in [0.05, 0.1) is 4.90 Å². The van der Waals surface area contributed by atoms with Crippen molar-refractivity contribution in [3.05, 3.63) is 77.6 Å². The van der Waals surface area contributed by atoms with Crippen molar-refractivity contribution < 1.29 is 12.8 Å². The highest BCUT2D eigenvalue weighted by molar-refractivity contribution is 7.90. The summed E-state index contributed by atoms with van der Waals surface area (Å²) in [6.45, 7) is 0. The van der Waals surface area contributed by atoms with Crippen LogP contribution in [0, 0.1) is 11.2 Å². The zero-order chi connectivity index (χ0) is 16.9. The third-order valence-electron chi connectivity index (χ3n) is 4.83. The van der Waals surface area contributed by atoms with E-state index < -0.39 is 9.84 Å². The fourth-order valence-corrected chi connectivity index (χ4v) is 3.96. The van der Waals surface area contributed by atoms with Crippen molar-refractivity contribution >= 4 is 21.0 Å². The molecule has 0 atom stereocenters. The zero-order valence-corrected chi connectivity index (χ0v) is 14.1. The van der Waals surface area contributed by atoms with Crippen molar-refractivity contribution in [3.63, 3.8) is 0 Å². The van der Waals surface area contributed by atoms with Crippen LogP contribution in [0.15, 0.2) is 65.6 Å². The van der Waals surface area contributed by atoms with Gasteiger partial charge >= 0.3 is 0 Å². The predicted octanol–water partition coefficient (Wildman–Crippen LogP) is 4.49. The van der Waals surface area contributed by atoms with Crippen LogP contribution in [0.2, 0.25) is 0 Å². The van der Waals surface area contributed by atoms with E-state index in [4.69, 9.17) is 0 Å². The Bertz CT molecular complexity index is 961. The minimum absolute atomic E-state index is 0.0721. The summed E-state index contributed by atoms with van der Waals surface area (Å²) >= 11 is 0. The minimum atomic E-state index is -3.18. The molecule has 1 fully saturated rings. The predicted molar refractivity (Wildman–Crippen MR) is 93.6 cm³/mol. The van der Waals surface area contributed by atoms with E-state index in [2.05, 4.69) is 12.2 Å². The van der Waals surface area contributed by atoms with Gasteiger partial charge in [0, 0.05) is 11.7 Å². The van der Waals surface area contributed by atoms with Crippen LogP contribution in [0.1, 0.15) is 24.0 Å². The lowest BCUT2D eigenvalue weighted by atomic mass is 9.93. The molecule has 2 nitrogen and oxygen atoms in total. The molecule has 0 N–H and O–H groups in total. The van der Waals surface area contributed by atoms with E-state index in [1.165, 1.54) is 24.0 Å². The number of hydrogen-bond acceptors (Lipinski definition) is 2. The Hall–Kier alpha value is -2.20. The van der Waals surface area contributed by atoms with Crippen LogP contribution in [0.25, 0.3) is 11.1 Å². The smallest absolute Gasteiger partial charge is 0.175 e. The number of sulfone groups is 1. The topological polar surface area (TPSA) is 34.1 Å². The average molecular weight is 340 g/mol. The molecule has 0 aliphatic heterocycles. The van der Waals surface area contributed by atoms with Gasteiger partial charge in [0.15, 0.2) is 9.84 Å². The molecule has 122 valence electrons. The van der Waals surface area contributed by atoms with Crippen LogP contribution in [-0.2, 0) is 9.84 Å². The largest absolute Gasteiger partial charge is 0.224 e. The van der Waals surface area contributed by atoms with Gasteiger partial charge in [-0.3, -0.25) is 0 Å². The first-order valence-corrected chi connectivity index (χ1v) is 9.78. The molecule has 2 aliphatic rings. The molecule has 0 radical (unpaired) electrons. The Kier molecular flexibility index (Phi) is 3.29. The van der Waals surface area contributed by atoms with E-state index in [9.17, 15) is 12.8 Å². The van der Waals surface area contributed by atoms with Gasteiger partial charge in [-0.2, -0.15) is 0 Å². The molecule has 1 saturated carbocycles. The van der Waals surface area contributed by atoms with Gasteiger partial charge in [-0.15, -0.1) is 0 Å². The standard InChI is InChI=1S/C20H17FO2S/c1-24(22,23)18-8-4-14(5-9-18)16-12-19(20(13-16)10-11-20)15-2-6-17(21)7-3-15/h2-9,12-13H,10-11H2,1H3. The number of benzene rings is 2. The Labute approximate surface area is 141 Å². The Morgan fingerprint density at radius 2 is 1.50 bits per heavy atom.